The number of amides is 1. The third-order valence-corrected chi connectivity index (χ3v) is 4.51. The van der Waals surface area contributed by atoms with Gasteiger partial charge in [0.2, 0.25) is 5.91 Å². The maximum Gasteiger partial charge on any atom is 0.223 e. The van der Waals surface area contributed by atoms with Crippen LogP contribution >= 0.6 is 24.0 Å². The van der Waals surface area contributed by atoms with E-state index < -0.39 is 0 Å². The summed E-state index contributed by atoms with van der Waals surface area (Å²) in [6.07, 6.45) is 3.34. The Bertz CT molecular complexity index is 416. The number of likely N-dealkylation sites (N-methyl/N-ethyl adjacent to an activating group) is 1. The Morgan fingerprint density at radius 2 is 1.84 bits per heavy atom. The first-order valence-corrected chi connectivity index (χ1v) is 9.40. The second-order valence-electron chi connectivity index (χ2n) is 6.75. The maximum atomic E-state index is 11.6. The Labute approximate surface area is 169 Å². The van der Waals surface area contributed by atoms with Gasteiger partial charge in [0.1, 0.15) is 0 Å². The lowest BCUT2D eigenvalue weighted by Gasteiger charge is -2.19. The minimum Gasteiger partial charge on any atom is -0.357 e. The van der Waals surface area contributed by atoms with Gasteiger partial charge in [-0.15, -0.1) is 24.0 Å². The molecular weight excluding hydrogens is 431 g/mol. The average molecular weight is 466 g/mol. The molecule has 1 heterocycles. The van der Waals surface area contributed by atoms with Gasteiger partial charge in [0.15, 0.2) is 5.96 Å². The van der Waals surface area contributed by atoms with Gasteiger partial charge in [0.25, 0.3) is 0 Å². The molecule has 1 amide bonds. The summed E-state index contributed by atoms with van der Waals surface area (Å²) in [4.78, 5) is 21.1. The van der Waals surface area contributed by atoms with Crippen molar-refractivity contribution in [1.29, 1.82) is 0 Å². The minimum absolute atomic E-state index is 0. The number of carbonyl (C=O) groups excluding carboxylic acids is 1. The lowest BCUT2D eigenvalue weighted by Crippen LogP contribution is -2.42. The summed E-state index contributed by atoms with van der Waals surface area (Å²) in [5.74, 6) is 1.31. The van der Waals surface area contributed by atoms with Crippen LogP contribution in [0.1, 0.15) is 26.2 Å². The number of hydrogen-bond donors (Lipinski definition) is 3. The second-order valence-corrected chi connectivity index (χ2v) is 6.75. The van der Waals surface area contributed by atoms with E-state index in [0.29, 0.717) is 13.1 Å². The van der Waals surface area contributed by atoms with E-state index in [-0.39, 0.29) is 35.8 Å². The van der Waals surface area contributed by atoms with Crippen molar-refractivity contribution in [2.45, 2.75) is 26.2 Å². The van der Waals surface area contributed by atoms with Gasteiger partial charge in [0, 0.05) is 45.2 Å². The molecule has 0 bridgehead atoms. The summed E-state index contributed by atoms with van der Waals surface area (Å²) in [5, 5.41) is 9.52. The fraction of sp³-hybridized carbons (Fsp3) is 0.882. The molecule has 1 saturated carbocycles. The van der Waals surface area contributed by atoms with E-state index in [1.54, 1.807) is 0 Å². The Balaban J connectivity index is 0.00000312. The maximum absolute atomic E-state index is 11.6. The van der Waals surface area contributed by atoms with Crippen LogP contribution in [0.2, 0.25) is 0 Å². The van der Waals surface area contributed by atoms with Crippen molar-refractivity contribution in [3.63, 3.8) is 0 Å². The van der Waals surface area contributed by atoms with Crippen LogP contribution < -0.4 is 16.0 Å². The molecule has 25 heavy (non-hydrogen) atoms. The van der Waals surface area contributed by atoms with Crippen LogP contribution in [0.5, 0.6) is 0 Å². The van der Waals surface area contributed by atoms with E-state index in [4.69, 9.17) is 0 Å². The zero-order chi connectivity index (χ0) is 17.2. The zero-order valence-corrected chi connectivity index (χ0v) is 18.1. The van der Waals surface area contributed by atoms with Crippen LogP contribution in [-0.4, -0.2) is 87.6 Å². The van der Waals surface area contributed by atoms with Crippen LogP contribution in [0.4, 0.5) is 0 Å². The van der Waals surface area contributed by atoms with E-state index in [2.05, 4.69) is 44.7 Å². The molecule has 146 valence electrons. The van der Waals surface area contributed by atoms with Gasteiger partial charge in [-0.1, -0.05) is 0 Å². The van der Waals surface area contributed by atoms with Crippen molar-refractivity contribution in [3.8, 4) is 0 Å². The molecular formula is C17H35IN6O. The number of halogens is 1. The Morgan fingerprint density at radius 1 is 1.08 bits per heavy atom. The van der Waals surface area contributed by atoms with E-state index in [1.807, 2.05) is 0 Å². The lowest BCUT2D eigenvalue weighted by molar-refractivity contribution is -0.122. The molecule has 0 radical (unpaired) electrons. The van der Waals surface area contributed by atoms with Gasteiger partial charge in [-0.05, 0) is 46.3 Å². The van der Waals surface area contributed by atoms with Crippen molar-refractivity contribution in [2.75, 3.05) is 66.0 Å². The van der Waals surface area contributed by atoms with Crippen molar-refractivity contribution < 1.29 is 4.79 Å². The molecule has 0 aromatic rings. The fourth-order valence-electron chi connectivity index (χ4n) is 2.83. The van der Waals surface area contributed by atoms with Gasteiger partial charge < -0.3 is 25.8 Å². The predicted molar refractivity (Wildman–Crippen MR) is 114 cm³/mol. The van der Waals surface area contributed by atoms with Crippen molar-refractivity contribution in [1.82, 2.24) is 25.8 Å². The first kappa shape index (κ1) is 22.4. The standard InChI is InChI=1S/C17H34N6O.HI/c1-3-18-17(20-8-7-19-16(24)15-5-6-15)21-9-12-23-11-4-10-22(2)13-14-23;/h15H,3-14H2,1-2H3,(H,19,24)(H2,18,20,21);1H. The summed E-state index contributed by atoms with van der Waals surface area (Å²) < 4.78 is 0. The van der Waals surface area contributed by atoms with Gasteiger partial charge >= 0.3 is 0 Å². The van der Waals surface area contributed by atoms with Crippen LogP contribution in [0.15, 0.2) is 4.99 Å². The zero-order valence-electron chi connectivity index (χ0n) is 15.7. The van der Waals surface area contributed by atoms with Gasteiger partial charge in [0.05, 0.1) is 6.54 Å². The third kappa shape index (κ3) is 9.60. The third-order valence-electron chi connectivity index (χ3n) is 4.51. The highest BCUT2D eigenvalue weighted by molar-refractivity contribution is 14.0. The van der Waals surface area contributed by atoms with Crippen LogP contribution in [0.3, 0.4) is 0 Å². The topological polar surface area (TPSA) is 72.0 Å². The van der Waals surface area contributed by atoms with Crippen molar-refractivity contribution in [3.05, 3.63) is 0 Å². The first-order chi connectivity index (χ1) is 11.7. The Hall–Kier alpha value is -0.610. The molecule has 1 aliphatic carbocycles. The lowest BCUT2D eigenvalue weighted by atomic mass is 10.4. The van der Waals surface area contributed by atoms with E-state index >= 15 is 0 Å². The molecule has 8 heteroatoms. The van der Waals surface area contributed by atoms with E-state index in [1.165, 1.54) is 13.0 Å². The van der Waals surface area contributed by atoms with Crippen LogP contribution in [0.25, 0.3) is 0 Å². The van der Waals surface area contributed by atoms with Crippen molar-refractivity contribution >= 4 is 35.8 Å². The molecule has 0 aromatic carbocycles. The predicted octanol–water partition coefficient (Wildman–Crippen LogP) is 0.323. The molecule has 3 N–H and O–H groups in total. The van der Waals surface area contributed by atoms with Gasteiger partial charge in [-0.25, -0.2) is 0 Å². The highest BCUT2D eigenvalue weighted by Gasteiger charge is 2.28. The van der Waals surface area contributed by atoms with Crippen LogP contribution in [0, 0.1) is 5.92 Å². The molecule has 7 nitrogen and oxygen atoms in total. The monoisotopic (exact) mass is 466 g/mol. The van der Waals surface area contributed by atoms with E-state index in [0.717, 1.165) is 58.1 Å². The summed E-state index contributed by atoms with van der Waals surface area (Å²) in [5.41, 5.74) is 0. The average Bonchev–Trinajstić information content (AvgIpc) is 3.40. The molecule has 0 spiro atoms. The van der Waals surface area contributed by atoms with Crippen LogP contribution in [-0.2, 0) is 4.79 Å². The highest BCUT2D eigenvalue weighted by atomic mass is 127. The van der Waals surface area contributed by atoms with Gasteiger partial charge in [-0.3, -0.25) is 9.79 Å². The molecule has 0 aromatic heterocycles. The fourth-order valence-corrected chi connectivity index (χ4v) is 2.83. The number of carbonyl (C=O) groups is 1. The molecule has 0 atom stereocenters. The minimum atomic E-state index is 0. The Kier molecular flexibility index (Phi) is 11.4. The van der Waals surface area contributed by atoms with E-state index in [9.17, 15) is 4.79 Å². The molecule has 2 fully saturated rings. The molecule has 2 aliphatic rings. The summed E-state index contributed by atoms with van der Waals surface area (Å²) in [7, 11) is 2.19. The highest BCUT2D eigenvalue weighted by Crippen LogP contribution is 2.28. The molecule has 1 saturated heterocycles. The summed E-state index contributed by atoms with van der Waals surface area (Å²) in [6.45, 7) is 10.7. The number of rotatable bonds is 8. The quantitative estimate of drug-likeness (QED) is 0.208. The summed E-state index contributed by atoms with van der Waals surface area (Å²) >= 11 is 0. The number of nitrogens with one attached hydrogen (secondary N) is 3. The number of guanidine groups is 1. The SMILES string of the molecule is CCNC(=NCCN1CCCN(C)CC1)NCCNC(=O)C1CC1.I. The molecule has 0 unspecified atom stereocenters. The number of aliphatic imine (C=N–C) groups is 1. The number of hydrogen-bond acceptors (Lipinski definition) is 4. The second kappa shape index (κ2) is 12.7. The normalized spacial score (nSPS) is 19.7. The molecule has 1 aliphatic heterocycles. The number of nitrogens with zero attached hydrogens (tertiary/aromatic N) is 3. The first-order valence-electron chi connectivity index (χ1n) is 9.40. The summed E-state index contributed by atoms with van der Waals surface area (Å²) in [6, 6.07) is 0. The molecule has 2 rings (SSSR count). The van der Waals surface area contributed by atoms with Gasteiger partial charge in [-0.2, -0.15) is 0 Å². The largest absolute Gasteiger partial charge is 0.357 e. The van der Waals surface area contributed by atoms with Crippen molar-refractivity contribution in [2.24, 2.45) is 10.9 Å². The smallest absolute Gasteiger partial charge is 0.223 e. The Morgan fingerprint density at radius 3 is 2.56 bits per heavy atom.